The molecule has 1 aliphatic carbocycles. The van der Waals surface area contributed by atoms with Crippen molar-refractivity contribution in [1.29, 1.82) is 0 Å². The van der Waals surface area contributed by atoms with Gasteiger partial charge in [0, 0.05) is 20.2 Å². The molecule has 0 spiro atoms. The Balaban J connectivity index is 1.72. The van der Waals surface area contributed by atoms with Crippen LogP contribution in [0, 0.1) is 5.92 Å². The molecule has 114 valence electrons. The standard InChI is InChI=1S/C16H21NO4/c1-17(8-9-21-11-13-2-3-13)15(18)10-12-4-6-14(7-5-12)16(19)20/h4-7,13H,2-3,8-11H2,1H3,(H,19,20). The number of amides is 1. The van der Waals surface area contributed by atoms with E-state index in [9.17, 15) is 9.59 Å². The molecule has 1 fully saturated rings. The van der Waals surface area contributed by atoms with Crippen molar-refractivity contribution in [3.63, 3.8) is 0 Å². The number of carboxylic acid groups (broad SMARTS) is 1. The summed E-state index contributed by atoms with van der Waals surface area (Å²) in [5, 5.41) is 8.82. The summed E-state index contributed by atoms with van der Waals surface area (Å²) in [6.45, 7) is 1.95. The van der Waals surface area contributed by atoms with Crippen LogP contribution in [0.5, 0.6) is 0 Å². The molecule has 5 heteroatoms. The number of benzene rings is 1. The zero-order valence-electron chi connectivity index (χ0n) is 12.2. The molecule has 1 aliphatic rings. The largest absolute Gasteiger partial charge is 0.478 e. The first-order valence-corrected chi connectivity index (χ1v) is 7.20. The maximum absolute atomic E-state index is 12.0. The highest BCUT2D eigenvalue weighted by molar-refractivity contribution is 5.87. The lowest BCUT2D eigenvalue weighted by molar-refractivity contribution is -0.129. The summed E-state index contributed by atoms with van der Waals surface area (Å²) in [6.07, 6.45) is 2.81. The minimum absolute atomic E-state index is 0.00750. The van der Waals surface area contributed by atoms with E-state index in [4.69, 9.17) is 9.84 Å². The van der Waals surface area contributed by atoms with E-state index in [1.54, 1.807) is 24.1 Å². The summed E-state index contributed by atoms with van der Waals surface area (Å²) in [4.78, 5) is 24.4. The van der Waals surface area contributed by atoms with Gasteiger partial charge in [-0.05, 0) is 36.5 Å². The molecule has 5 nitrogen and oxygen atoms in total. The minimum Gasteiger partial charge on any atom is -0.478 e. The lowest BCUT2D eigenvalue weighted by Gasteiger charge is -2.17. The Labute approximate surface area is 124 Å². The molecule has 2 rings (SSSR count). The summed E-state index contributed by atoms with van der Waals surface area (Å²) in [7, 11) is 1.76. The Morgan fingerprint density at radius 2 is 1.95 bits per heavy atom. The number of nitrogens with zero attached hydrogens (tertiary/aromatic N) is 1. The second kappa shape index (κ2) is 7.22. The predicted molar refractivity (Wildman–Crippen MR) is 78.3 cm³/mol. The Morgan fingerprint density at radius 1 is 1.29 bits per heavy atom. The molecule has 21 heavy (non-hydrogen) atoms. The molecule has 0 unspecified atom stereocenters. The van der Waals surface area contributed by atoms with E-state index >= 15 is 0 Å². The van der Waals surface area contributed by atoms with E-state index in [0.29, 0.717) is 13.2 Å². The molecule has 1 aromatic rings. The number of hydrogen-bond acceptors (Lipinski definition) is 3. The highest BCUT2D eigenvalue weighted by Gasteiger charge is 2.21. The fourth-order valence-electron chi connectivity index (χ4n) is 1.94. The van der Waals surface area contributed by atoms with Crippen LogP contribution in [0.2, 0.25) is 0 Å². The molecule has 0 aliphatic heterocycles. The minimum atomic E-state index is -0.960. The third-order valence-electron chi connectivity index (χ3n) is 3.60. The first-order chi connectivity index (χ1) is 10.1. The number of carbonyl (C=O) groups is 2. The zero-order chi connectivity index (χ0) is 15.2. The van der Waals surface area contributed by atoms with E-state index in [2.05, 4.69) is 0 Å². The lowest BCUT2D eigenvalue weighted by Crippen LogP contribution is -2.31. The van der Waals surface area contributed by atoms with Gasteiger partial charge in [-0.15, -0.1) is 0 Å². The first kappa shape index (κ1) is 15.5. The average Bonchev–Trinajstić information content (AvgIpc) is 3.28. The molecule has 1 amide bonds. The third kappa shape index (κ3) is 5.19. The highest BCUT2D eigenvalue weighted by atomic mass is 16.5. The number of hydrogen-bond donors (Lipinski definition) is 1. The topological polar surface area (TPSA) is 66.8 Å². The molecule has 1 aromatic carbocycles. The van der Waals surface area contributed by atoms with E-state index in [1.165, 1.54) is 25.0 Å². The highest BCUT2D eigenvalue weighted by Crippen LogP contribution is 2.28. The van der Waals surface area contributed by atoms with Crippen molar-refractivity contribution < 1.29 is 19.4 Å². The summed E-state index contributed by atoms with van der Waals surface area (Å²) in [5.74, 6) is -0.218. The smallest absolute Gasteiger partial charge is 0.335 e. The number of rotatable bonds is 8. The molecule has 0 aromatic heterocycles. The summed E-state index contributed by atoms with van der Waals surface area (Å²) < 4.78 is 5.51. The Hall–Kier alpha value is -1.88. The monoisotopic (exact) mass is 291 g/mol. The Morgan fingerprint density at radius 3 is 2.52 bits per heavy atom. The number of likely N-dealkylation sites (N-methyl/N-ethyl adjacent to an activating group) is 1. The van der Waals surface area contributed by atoms with Crippen LogP contribution in [0.25, 0.3) is 0 Å². The lowest BCUT2D eigenvalue weighted by atomic mass is 10.1. The van der Waals surface area contributed by atoms with Crippen LogP contribution in [0.15, 0.2) is 24.3 Å². The van der Waals surface area contributed by atoms with Crippen molar-refractivity contribution in [3.05, 3.63) is 35.4 Å². The number of carboxylic acids is 1. The quantitative estimate of drug-likeness (QED) is 0.742. The van der Waals surface area contributed by atoms with Crippen LogP contribution >= 0.6 is 0 Å². The molecule has 1 N–H and O–H groups in total. The zero-order valence-corrected chi connectivity index (χ0v) is 12.2. The first-order valence-electron chi connectivity index (χ1n) is 7.20. The van der Waals surface area contributed by atoms with Gasteiger partial charge in [-0.2, -0.15) is 0 Å². The molecule has 0 heterocycles. The summed E-state index contributed by atoms with van der Waals surface area (Å²) in [5.41, 5.74) is 1.05. The van der Waals surface area contributed by atoms with Crippen molar-refractivity contribution in [3.8, 4) is 0 Å². The Bertz CT molecular complexity index is 494. The van der Waals surface area contributed by atoms with E-state index in [0.717, 1.165) is 18.1 Å². The molecule has 0 atom stereocenters. The second-order valence-electron chi connectivity index (χ2n) is 5.51. The van der Waals surface area contributed by atoms with Gasteiger partial charge in [-0.25, -0.2) is 4.79 Å². The van der Waals surface area contributed by atoms with Crippen LogP contribution < -0.4 is 0 Å². The number of carbonyl (C=O) groups excluding carboxylic acids is 1. The van der Waals surface area contributed by atoms with Gasteiger partial charge in [0.25, 0.3) is 0 Å². The fourth-order valence-corrected chi connectivity index (χ4v) is 1.94. The maximum atomic E-state index is 12.0. The van der Waals surface area contributed by atoms with Gasteiger partial charge in [-0.1, -0.05) is 12.1 Å². The van der Waals surface area contributed by atoms with Crippen molar-refractivity contribution in [1.82, 2.24) is 4.90 Å². The van der Waals surface area contributed by atoms with E-state index in [-0.39, 0.29) is 17.9 Å². The molecular weight excluding hydrogens is 270 g/mol. The second-order valence-corrected chi connectivity index (χ2v) is 5.51. The third-order valence-corrected chi connectivity index (χ3v) is 3.60. The van der Waals surface area contributed by atoms with Gasteiger partial charge in [0.2, 0.25) is 5.91 Å². The molecule has 0 bridgehead atoms. The van der Waals surface area contributed by atoms with Crippen LogP contribution in [0.1, 0.15) is 28.8 Å². The molecule has 0 radical (unpaired) electrons. The van der Waals surface area contributed by atoms with Crippen LogP contribution in [0.3, 0.4) is 0 Å². The molecule has 1 saturated carbocycles. The molecular formula is C16H21NO4. The van der Waals surface area contributed by atoms with Crippen LogP contribution in [-0.4, -0.2) is 48.7 Å². The van der Waals surface area contributed by atoms with Gasteiger partial charge in [0.1, 0.15) is 0 Å². The van der Waals surface area contributed by atoms with Crippen LogP contribution in [0.4, 0.5) is 0 Å². The van der Waals surface area contributed by atoms with Crippen molar-refractivity contribution in [2.24, 2.45) is 5.92 Å². The van der Waals surface area contributed by atoms with Crippen molar-refractivity contribution in [2.45, 2.75) is 19.3 Å². The van der Waals surface area contributed by atoms with Crippen molar-refractivity contribution in [2.75, 3.05) is 26.8 Å². The predicted octanol–water partition coefficient (Wildman–Crippen LogP) is 1.81. The Kier molecular flexibility index (Phi) is 5.33. The maximum Gasteiger partial charge on any atom is 0.335 e. The SMILES string of the molecule is CN(CCOCC1CC1)C(=O)Cc1ccc(C(=O)O)cc1. The number of aromatic carboxylic acids is 1. The van der Waals surface area contributed by atoms with E-state index in [1.807, 2.05) is 0 Å². The summed E-state index contributed by atoms with van der Waals surface area (Å²) >= 11 is 0. The normalized spacial score (nSPS) is 14.0. The average molecular weight is 291 g/mol. The van der Waals surface area contributed by atoms with Crippen LogP contribution in [-0.2, 0) is 16.0 Å². The molecule has 0 saturated heterocycles. The van der Waals surface area contributed by atoms with Gasteiger partial charge in [0.05, 0.1) is 18.6 Å². The van der Waals surface area contributed by atoms with Gasteiger partial charge < -0.3 is 14.7 Å². The van der Waals surface area contributed by atoms with E-state index < -0.39 is 5.97 Å². The van der Waals surface area contributed by atoms with Gasteiger partial charge >= 0.3 is 5.97 Å². The van der Waals surface area contributed by atoms with Gasteiger partial charge in [0.15, 0.2) is 0 Å². The fraction of sp³-hybridized carbons (Fsp3) is 0.500. The van der Waals surface area contributed by atoms with Crippen molar-refractivity contribution >= 4 is 11.9 Å². The van der Waals surface area contributed by atoms with Gasteiger partial charge in [-0.3, -0.25) is 4.79 Å². The number of ether oxygens (including phenoxy) is 1. The summed E-state index contributed by atoms with van der Waals surface area (Å²) in [6, 6.07) is 6.39.